The minimum atomic E-state index is -0.934. The van der Waals surface area contributed by atoms with Gasteiger partial charge in [0.05, 0.1) is 0 Å². The minimum Gasteiger partial charge on any atom is -0.478 e. The van der Waals surface area contributed by atoms with Gasteiger partial charge in [-0.25, -0.2) is 4.79 Å². The summed E-state index contributed by atoms with van der Waals surface area (Å²) >= 11 is 0. The lowest BCUT2D eigenvalue weighted by Crippen LogP contribution is -2.18. The fourth-order valence-electron chi connectivity index (χ4n) is 1.10. The van der Waals surface area contributed by atoms with Crippen LogP contribution in [-0.4, -0.2) is 19.1 Å². The summed E-state index contributed by atoms with van der Waals surface area (Å²) in [6.07, 6.45) is 2.75. The number of aliphatic carboxylic acids is 1. The zero-order valence-corrected chi connectivity index (χ0v) is 9.89. The molecule has 0 saturated heterocycles. The van der Waals surface area contributed by atoms with Crippen LogP contribution >= 0.6 is 0 Å². The van der Waals surface area contributed by atoms with Crippen LogP contribution in [-0.2, 0) is 4.79 Å². The number of unbranched alkanes of at least 4 members (excludes halogenated alkanes) is 1. The maximum atomic E-state index is 10.4. The average Bonchev–Trinajstić information content (AvgIpc) is 1.95. The zero-order chi connectivity index (χ0) is 10.5. The largest absolute Gasteiger partial charge is 0.478 e. The lowest BCUT2D eigenvalue weighted by molar-refractivity contribution is -0.132. The van der Waals surface area contributed by atoms with Crippen LogP contribution in [0.15, 0.2) is 12.2 Å². The van der Waals surface area contributed by atoms with Gasteiger partial charge in [0.2, 0.25) is 0 Å². The predicted molar refractivity (Wildman–Crippen MR) is 58.8 cm³/mol. The molecular weight excluding hydrogens is 180 g/mol. The average molecular weight is 200 g/mol. The number of hydrogen-bond donors (Lipinski definition) is 1. The first-order valence-corrected chi connectivity index (χ1v) is 8.45. The van der Waals surface area contributed by atoms with Crippen molar-refractivity contribution in [3.05, 3.63) is 12.2 Å². The van der Waals surface area contributed by atoms with Gasteiger partial charge in [-0.1, -0.05) is 38.7 Å². The Labute approximate surface area is 81.7 Å². The van der Waals surface area contributed by atoms with E-state index in [1.54, 1.807) is 0 Å². The molecule has 13 heavy (non-hydrogen) atoms. The summed E-state index contributed by atoms with van der Waals surface area (Å²) < 4.78 is 0. The predicted octanol–water partition coefficient (Wildman–Crippen LogP) is 3.14. The maximum absolute atomic E-state index is 10.4. The second-order valence-corrected chi connectivity index (χ2v) is 10.3. The highest BCUT2D eigenvalue weighted by Gasteiger charge is 2.12. The molecule has 0 spiro atoms. The monoisotopic (exact) mass is 200 g/mol. The van der Waals surface area contributed by atoms with Crippen LogP contribution in [0.25, 0.3) is 0 Å². The highest BCUT2D eigenvalue weighted by molar-refractivity contribution is 6.76. The lowest BCUT2D eigenvalue weighted by atomic mass is 10.1. The SMILES string of the molecule is C=C(CCCC[Si](C)(C)C)C(=O)O. The number of carbonyl (C=O) groups is 1. The summed E-state index contributed by atoms with van der Waals surface area (Å²) in [5.74, 6) is -0.854. The summed E-state index contributed by atoms with van der Waals surface area (Å²) in [7, 11) is -0.934. The quantitative estimate of drug-likeness (QED) is 0.406. The van der Waals surface area contributed by atoms with Gasteiger partial charge in [-0.2, -0.15) is 0 Å². The molecule has 0 saturated carbocycles. The number of hydrogen-bond acceptors (Lipinski definition) is 1. The molecular formula is C10H20O2Si. The maximum Gasteiger partial charge on any atom is 0.330 e. The van der Waals surface area contributed by atoms with Gasteiger partial charge in [0.15, 0.2) is 0 Å². The Morgan fingerprint density at radius 3 is 2.23 bits per heavy atom. The molecule has 0 atom stereocenters. The highest BCUT2D eigenvalue weighted by atomic mass is 28.3. The Morgan fingerprint density at radius 2 is 1.85 bits per heavy atom. The Kier molecular flexibility index (Phi) is 4.99. The molecule has 0 amide bonds. The van der Waals surface area contributed by atoms with Crippen molar-refractivity contribution in [2.75, 3.05) is 0 Å². The molecule has 76 valence electrons. The van der Waals surface area contributed by atoms with Crippen molar-refractivity contribution >= 4 is 14.0 Å². The third-order valence-corrected chi connectivity index (χ3v) is 3.81. The molecule has 0 aliphatic rings. The van der Waals surface area contributed by atoms with Gasteiger partial charge in [-0.05, 0) is 12.8 Å². The van der Waals surface area contributed by atoms with Gasteiger partial charge in [0.25, 0.3) is 0 Å². The van der Waals surface area contributed by atoms with Crippen LogP contribution in [0.3, 0.4) is 0 Å². The number of rotatable bonds is 6. The van der Waals surface area contributed by atoms with Crippen LogP contribution in [0, 0.1) is 0 Å². The Morgan fingerprint density at radius 1 is 1.31 bits per heavy atom. The molecule has 1 N–H and O–H groups in total. The molecule has 0 aromatic rings. The van der Waals surface area contributed by atoms with Gasteiger partial charge in [-0.15, -0.1) is 0 Å². The molecule has 2 nitrogen and oxygen atoms in total. The molecule has 0 aromatic heterocycles. The third kappa shape index (κ3) is 7.78. The van der Waals surface area contributed by atoms with Crippen LogP contribution < -0.4 is 0 Å². The second-order valence-electron chi connectivity index (χ2n) is 4.68. The fourth-order valence-corrected chi connectivity index (χ4v) is 2.41. The van der Waals surface area contributed by atoms with Crippen molar-refractivity contribution in [1.82, 2.24) is 0 Å². The molecule has 0 aliphatic carbocycles. The molecule has 3 heteroatoms. The molecule has 0 radical (unpaired) electrons. The molecule has 0 heterocycles. The van der Waals surface area contributed by atoms with Crippen molar-refractivity contribution < 1.29 is 9.90 Å². The highest BCUT2D eigenvalue weighted by Crippen LogP contribution is 2.15. The summed E-state index contributed by atoms with van der Waals surface area (Å²) in [5, 5.41) is 8.55. The standard InChI is InChI=1S/C10H20O2Si/c1-9(10(11)12)7-5-6-8-13(2,3)4/h1,5-8H2,2-4H3,(H,11,12). The first-order chi connectivity index (χ1) is 5.83. The van der Waals surface area contributed by atoms with Crippen molar-refractivity contribution in [3.8, 4) is 0 Å². The number of carboxylic acids is 1. The van der Waals surface area contributed by atoms with Crippen LogP contribution in [0.4, 0.5) is 0 Å². The van der Waals surface area contributed by atoms with E-state index in [0.717, 1.165) is 12.8 Å². The van der Waals surface area contributed by atoms with E-state index in [1.807, 2.05) is 0 Å². The third-order valence-electron chi connectivity index (χ3n) is 1.96. The van der Waals surface area contributed by atoms with E-state index in [4.69, 9.17) is 5.11 Å². The first kappa shape index (κ1) is 12.4. The van der Waals surface area contributed by atoms with Gasteiger partial charge in [0.1, 0.15) is 0 Å². The minimum absolute atomic E-state index is 0.343. The second kappa shape index (κ2) is 5.22. The van der Waals surface area contributed by atoms with E-state index in [1.165, 1.54) is 6.04 Å². The summed E-state index contributed by atoms with van der Waals surface area (Å²) in [6, 6.07) is 1.28. The summed E-state index contributed by atoms with van der Waals surface area (Å²) in [4.78, 5) is 10.4. The summed E-state index contributed by atoms with van der Waals surface area (Å²) in [5.41, 5.74) is 0.343. The van der Waals surface area contributed by atoms with E-state index < -0.39 is 14.0 Å². The normalized spacial score (nSPS) is 11.3. The topological polar surface area (TPSA) is 37.3 Å². The van der Waals surface area contributed by atoms with Crippen molar-refractivity contribution in [2.24, 2.45) is 0 Å². The van der Waals surface area contributed by atoms with Crippen LogP contribution in [0.5, 0.6) is 0 Å². The van der Waals surface area contributed by atoms with Crippen molar-refractivity contribution in [3.63, 3.8) is 0 Å². The van der Waals surface area contributed by atoms with Crippen LogP contribution in [0.1, 0.15) is 19.3 Å². The Balaban J connectivity index is 3.47. The van der Waals surface area contributed by atoms with Gasteiger partial charge >= 0.3 is 5.97 Å². The van der Waals surface area contributed by atoms with Crippen molar-refractivity contribution in [1.29, 1.82) is 0 Å². The summed E-state index contributed by atoms with van der Waals surface area (Å²) in [6.45, 7) is 10.5. The Bertz CT molecular complexity index is 192. The van der Waals surface area contributed by atoms with Crippen molar-refractivity contribution in [2.45, 2.75) is 44.9 Å². The molecule has 0 fully saturated rings. The van der Waals surface area contributed by atoms with E-state index in [-0.39, 0.29) is 0 Å². The van der Waals surface area contributed by atoms with E-state index in [2.05, 4.69) is 26.2 Å². The molecule has 0 rings (SSSR count). The Hall–Kier alpha value is -0.573. The molecule has 0 aliphatic heterocycles. The smallest absolute Gasteiger partial charge is 0.330 e. The fraction of sp³-hybridized carbons (Fsp3) is 0.700. The molecule has 0 bridgehead atoms. The van der Waals surface area contributed by atoms with Gasteiger partial charge in [0, 0.05) is 13.6 Å². The lowest BCUT2D eigenvalue weighted by Gasteiger charge is -2.14. The molecule has 0 aromatic carbocycles. The first-order valence-electron chi connectivity index (χ1n) is 4.74. The van der Waals surface area contributed by atoms with E-state index >= 15 is 0 Å². The van der Waals surface area contributed by atoms with E-state index in [9.17, 15) is 4.79 Å². The van der Waals surface area contributed by atoms with Gasteiger partial charge < -0.3 is 5.11 Å². The van der Waals surface area contributed by atoms with Crippen LogP contribution in [0.2, 0.25) is 25.7 Å². The molecule has 0 unspecified atom stereocenters. The number of carboxylic acid groups (broad SMARTS) is 1. The van der Waals surface area contributed by atoms with Gasteiger partial charge in [-0.3, -0.25) is 0 Å². The van der Waals surface area contributed by atoms with E-state index in [0.29, 0.717) is 12.0 Å². The zero-order valence-electron chi connectivity index (χ0n) is 8.89.